The van der Waals surface area contributed by atoms with E-state index in [1.807, 2.05) is 30.3 Å². The number of hydrogen-bond donors (Lipinski definition) is 1. The van der Waals surface area contributed by atoms with Gasteiger partial charge in [-0.15, -0.1) is 0 Å². The SMILES string of the molecule is CCCNc1cccc(Oc2cc(Br)c(OC)cc2Br)n1. The van der Waals surface area contributed by atoms with Crippen molar-refractivity contribution in [3.63, 3.8) is 0 Å². The molecule has 0 aliphatic heterocycles. The summed E-state index contributed by atoms with van der Waals surface area (Å²) >= 11 is 6.92. The van der Waals surface area contributed by atoms with E-state index in [0.29, 0.717) is 11.6 Å². The van der Waals surface area contributed by atoms with E-state index in [2.05, 4.69) is 49.1 Å². The number of methoxy groups -OCH3 is 1. The summed E-state index contributed by atoms with van der Waals surface area (Å²) in [7, 11) is 1.62. The normalized spacial score (nSPS) is 10.3. The molecule has 0 unspecified atom stereocenters. The molecule has 0 radical (unpaired) electrons. The maximum atomic E-state index is 5.83. The van der Waals surface area contributed by atoms with Crippen LogP contribution in [0.25, 0.3) is 0 Å². The predicted octanol–water partition coefficient (Wildman–Crippen LogP) is 5.23. The van der Waals surface area contributed by atoms with Gasteiger partial charge in [0, 0.05) is 12.6 Å². The van der Waals surface area contributed by atoms with Gasteiger partial charge in [-0.3, -0.25) is 0 Å². The molecule has 0 saturated carbocycles. The van der Waals surface area contributed by atoms with Gasteiger partial charge in [-0.2, -0.15) is 4.98 Å². The highest BCUT2D eigenvalue weighted by atomic mass is 79.9. The second kappa shape index (κ2) is 7.66. The number of hydrogen-bond acceptors (Lipinski definition) is 4. The molecule has 0 aliphatic carbocycles. The van der Waals surface area contributed by atoms with Gasteiger partial charge in [-0.1, -0.05) is 13.0 Å². The number of benzene rings is 1. The van der Waals surface area contributed by atoms with Crippen LogP contribution in [0.4, 0.5) is 5.82 Å². The van der Waals surface area contributed by atoms with Crippen molar-refractivity contribution in [3.05, 3.63) is 39.3 Å². The first-order chi connectivity index (χ1) is 10.1. The number of rotatable bonds is 6. The van der Waals surface area contributed by atoms with Crippen molar-refractivity contribution >= 4 is 37.7 Å². The largest absolute Gasteiger partial charge is 0.496 e. The number of anilines is 1. The summed E-state index contributed by atoms with van der Waals surface area (Å²) in [6.07, 6.45) is 1.05. The summed E-state index contributed by atoms with van der Waals surface area (Å²) in [5.74, 6) is 2.75. The minimum absolute atomic E-state index is 0.536. The lowest BCUT2D eigenvalue weighted by Crippen LogP contribution is -2.02. The van der Waals surface area contributed by atoms with Crippen LogP contribution in [-0.4, -0.2) is 18.6 Å². The molecule has 112 valence electrons. The van der Waals surface area contributed by atoms with Gasteiger partial charge in [0.25, 0.3) is 0 Å². The van der Waals surface area contributed by atoms with Crippen molar-refractivity contribution in [3.8, 4) is 17.4 Å². The topological polar surface area (TPSA) is 43.4 Å². The molecule has 1 N–H and O–H groups in total. The number of halogens is 2. The molecular formula is C15H16Br2N2O2. The molecule has 1 aromatic heterocycles. The van der Waals surface area contributed by atoms with Gasteiger partial charge < -0.3 is 14.8 Å². The Morgan fingerprint density at radius 1 is 1.14 bits per heavy atom. The Kier molecular flexibility index (Phi) is 5.87. The molecule has 0 atom stereocenters. The van der Waals surface area contributed by atoms with Gasteiger partial charge in [0.15, 0.2) is 0 Å². The van der Waals surface area contributed by atoms with Crippen LogP contribution in [-0.2, 0) is 0 Å². The van der Waals surface area contributed by atoms with E-state index in [1.54, 1.807) is 7.11 Å². The van der Waals surface area contributed by atoms with Crippen LogP contribution in [0.3, 0.4) is 0 Å². The van der Waals surface area contributed by atoms with E-state index in [9.17, 15) is 0 Å². The third-order valence-corrected chi connectivity index (χ3v) is 3.94. The van der Waals surface area contributed by atoms with Crippen molar-refractivity contribution in [1.82, 2.24) is 4.98 Å². The molecule has 6 heteroatoms. The van der Waals surface area contributed by atoms with Crippen molar-refractivity contribution in [2.75, 3.05) is 19.0 Å². The van der Waals surface area contributed by atoms with Gasteiger partial charge in [0.1, 0.15) is 17.3 Å². The third kappa shape index (κ3) is 4.35. The van der Waals surface area contributed by atoms with Crippen LogP contribution in [0.15, 0.2) is 39.3 Å². The summed E-state index contributed by atoms with van der Waals surface area (Å²) < 4.78 is 12.7. The fourth-order valence-electron chi connectivity index (χ4n) is 1.68. The number of pyridine rings is 1. The number of nitrogens with one attached hydrogen (secondary N) is 1. The van der Waals surface area contributed by atoms with Gasteiger partial charge in [-0.05, 0) is 56.5 Å². The molecule has 0 amide bonds. The van der Waals surface area contributed by atoms with Crippen molar-refractivity contribution < 1.29 is 9.47 Å². The van der Waals surface area contributed by atoms with Crippen LogP contribution in [0, 0.1) is 0 Å². The molecular weight excluding hydrogens is 400 g/mol. The van der Waals surface area contributed by atoms with Gasteiger partial charge in [0.05, 0.1) is 16.1 Å². The van der Waals surface area contributed by atoms with Crippen LogP contribution >= 0.6 is 31.9 Å². The van der Waals surface area contributed by atoms with Gasteiger partial charge in [0.2, 0.25) is 5.88 Å². The molecule has 1 heterocycles. The van der Waals surface area contributed by atoms with E-state index < -0.39 is 0 Å². The lowest BCUT2D eigenvalue weighted by atomic mass is 10.3. The average Bonchev–Trinajstić information content (AvgIpc) is 2.49. The first kappa shape index (κ1) is 16.1. The highest BCUT2D eigenvalue weighted by Crippen LogP contribution is 2.37. The Labute approximate surface area is 141 Å². The Morgan fingerprint density at radius 2 is 1.86 bits per heavy atom. The van der Waals surface area contributed by atoms with Gasteiger partial charge in [-0.25, -0.2) is 0 Å². The van der Waals surface area contributed by atoms with E-state index >= 15 is 0 Å². The summed E-state index contributed by atoms with van der Waals surface area (Å²) in [5, 5.41) is 3.23. The number of ether oxygens (including phenoxy) is 2. The number of nitrogens with zero attached hydrogens (tertiary/aromatic N) is 1. The minimum atomic E-state index is 0.536. The summed E-state index contributed by atoms with van der Waals surface area (Å²) in [5.41, 5.74) is 0. The minimum Gasteiger partial charge on any atom is -0.496 e. The molecule has 21 heavy (non-hydrogen) atoms. The Balaban J connectivity index is 2.20. The monoisotopic (exact) mass is 414 g/mol. The number of aromatic nitrogens is 1. The third-order valence-electron chi connectivity index (χ3n) is 2.70. The van der Waals surface area contributed by atoms with Gasteiger partial charge >= 0.3 is 0 Å². The van der Waals surface area contributed by atoms with Crippen molar-refractivity contribution in [2.24, 2.45) is 0 Å². The zero-order chi connectivity index (χ0) is 15.2. The fraction of sp³-hybridized carbons (Fsp3) is 0.267. The first-order valence-corrected chi connectivity index (χ1v) is 8.14. The van der Waals surface area contributed by atoms with Crippen molar-refractivity contribution in [2.45, 2.75) is 13.3 Å². The van der Waals surface area contributed by atoms with Crippen LogP contribution < -0.4 is 14.8 Å². The van der Waals surface area contributed by atoms with Crippen LogP contribution in [0.2, 0.25) is 0 Å². The summed E-state index contributed by atoms with van der Waals surface area (Å²) in [6.45, 7) is 2.99. The zero-order valence-electron chi connectivity index (χ0n) is 11.8. The zero-order valence-corrected chi connectivity index (χ0v) is 15.0. The lowest BCUT2D eigenvalue weighted by molar-refractivity contribution is 0.408. The van der Waals surface area contributed by atoms with E-state index in [4.69, 9.17) is 9.47 Å². The van der Waals surface area contributed by atoms with E-state index in [-0.39, 0.29) is 0 Å². The fourth-order valence-corrected chi connectivity index (χ4v) is 2.57. The predicted molar refractivity (Wildman–Crippen MR) is 91.5 cm³/mol. The maximum absolute atomic E-state index is 5.83. The summed E-state index contributed by atoms with van der Waals surface area (Å²) in [6, 6.07) is 9.34. The second-order valence-electron chi connectivity index (χ2n) is 4.31. The molecule has 1 aromatic carbocycles. The molecule has 0 aliphatic rings. The molecule has 4 nitrogen and oxygen atoms in total. The van der Waals surface area contributed by atoms with E-state index in [0.717, 1.165) is 33.5 Å². The highest BCUT2D eigenvalue weighted by Gasteiger charge is 2.10. The quantitative estimate of drug-likeness (QED) is 0.701. The Morgan fingerprint density at radius 3 is 2.57 bits per heavy atom. The summed E-state index contributed by atoms with van der Waals surface area (Å²) in [4.78, 5) is 4.42. The maximum Gasteiger partial charge on any atom is 0.221 e. The molecule has 0 saturated heterocycles. The highest BCUT2D eigenvalue weighted by molar-refractivity contribution is 9.11. The molecule has 0 spiro atoms. The molecule has 0 fully saturated rings. The second-order valence-corrected chi connectivity index (χ2v) is 6.02. The average molecular weight is 416 g/mol. The Hall–Kier alpha value is -1.27. The van der Waals surface area contributed by atoms with Crippen LogP contribution in [0.1, 0.15) is 13.3 Å². The lowest BCUT2D eigenvalue weighted by Gasteiger charge is -2.11. The Bertz CT molecular complexity index is 621. The molecule has 0 bridgehead atoms. The standard InChI is InChI=1S/C15H16Br2N2O2/c1-3-7-18-14-5-4-6-15(19-14)21-13-9-10(16)12(20-2)8-11(13)17/h4-6,8-9H,3,7H2,1-2H3,(H,18,19). The van der Waals surface area contributed by atoms with Crippen LogP contribution in [0.5, 0.6) is 17.4 Å². The van der Waals surface area contributed by atoms with Crippen molar-refractivity contribution in [1.29, 1.82) is 0 Å². The first-order valence-electron chi connectivity index (χ1n) is 6.56. The molecule has 2 rings (SSSR count). The smallest absolute Gasteiger partial charge is 0.221 e. The molecule has 2 aromatic rings. The van der Waals surface area contributed by atoms with E-state index in [1.165, 1.54) is 0 Å².